The minimum atomic E-state index is -0.187. The van der Waals surface area contributed by atoms with Crippen molar-refractivity contribution in [1.29, 1.82) is 0 Å². The molecule has 0 aliphatic heterocycles. The molecule has 0 bridgehead atoms. The van der Waals surface area contributed by atoms with Gasteiger partial charge < -0.3 is 10.2 Å². The van der Waals surface area contributed by atoms with E-state index in [-0.39, 0.29) is 11.8 Å². The summed E-state index contributed by atoms with van der Waals surface area (Å²) in [5.74, 6) is -0.288. The van der Waals surface area contributed by atoms with Gasteiger partial charge in [0.15, 0.2) is 0 Å². The lowest BCUT2D eigenvalue weighted by Gasteiger charge is -2.21. The zero-order chi connectivity index (χ0) is 19.2. The molecule has 3 aromatic rings. The maximum absolute atomic E-state index is 13.0. The molecule has 0 aliphatic rings. The maximum Gasteiger partial charge on any atom is 0.258 e. The second-order valence-electron chi connectivity index (χ2n) is 6.23. The molecule has 27 heavy (non-hydrogen) atoms. The van der Waals surface area contributed by atoms with Gasteiger partial charge in [-0.1, -0.05) is 42.5 Å². The Balaban J connectivity index is 1.82. The molecule has 1 N–H and O–H groups in total. The normalized spacial score (nSPS) is 10.3. The van der Waals surface area contributed by atoms with E-state index in [1.54, 1.807) is 35.2 Å². The number of aryl methyl sites for hydroxylation is 1. The predicted octanol–water partition coefficient (Wildman–Crippen LogP) is 4.91. The summed E-state index contributed by atoms with van der Waals surface area (Å²) in [5, 5.41) is 2.88. The Morgan fingerprint density at radius 1 is 0.889 bits per heavy atom. The number of nitrogens with one attached hydrogen (secondary N) is 1. The number of amides is 2. The third-order valence-corrected chi connectivity index (χ3v) is 4.39. The number of hydrogen-bond acceptors (Lipinski definition) is 2. The van der Waals surface area contributed by atoms with E-state index >= 15 is 0 Å². The van der Waals surface area contributed by atoms with Crippen LogP contribution >= 0.6 is 0 Å². The Hall–Kier alpha value is -3.40. The summed E-state index contributed by atoms with van der Waals surface area (Å²) in [6.45, 7) is 4.39. The number of rotatable bonds is 5. The molecule has 2 amide bonds. The molecule has 4 nitrogen and oxygen atoms in total. The highest BCUT2D eigenvalue weighted by Crippen LogP contribution is 2.19. The molecule has 0 spiro atoms. The second-order valence-corrected chi connectivity index (χ2v) is 6.23. The van der Waals surface area contributed by atoms with Crippen molar-refractivity contribution in [3.05, 3.63) is 95.6 Å². The first-order chi connectivity index (χ1) is 13.1. The molecule has 0 heterocycles. The lowest BCUT2D eigenvalue weighted by Crippen LogP contribution is -2.30. The predicted molar refractivity (Wildman–Crippen MR) is 109 cm³/mol. The van der Waals surface area contributed by atoms with Crippen molar-refractivity contribution in [3.8, 4) is 0 Å². The molecule has 0 aromatic heterocycles. The molecule has 0 fully saturated rings. The van der Waals surface area contributed by atoms with Gasteiger partial charge in [-0.2, -0.15) is 0 Å². The van der Waals surface area contributed by atoms with Crippen LogP contribution < -0.4 is 10.2 Å². The summed E-state index contributed by atoms with van der Waals surface area (Å²) in [6, 6.07) is 24.0. The quantitative estimate of drug-likeness (QED) is 0.704. The molecule has 0 radical (unpaired) electrons. The van der Waals surface area contributed by atoms with Gasteiger partial charge >= 0.3 is 0 Å². The number of para-hydroxylation sites is 1. The minimum absolute atomic E-state index is 0.101. The lowest BCUT2D eigenvalue weighted by atomic mass is 10.1. The van der Waals surface area contributed by atoms with Crippen LogP contribution in [-0.2, 0) is 0 Å². The van der Waals surface area contributed by atoms with E-state index in [9.17, 15) is 9.59 Å². The number of carbonyl (C=O) groups excluding carboxylic acids is 2. The summed E-state index contributed by atoms with van der Waals surface area (Å²) < 4.78 is 0. The van der Waals surface area contributed by atoms with Gasteiger partial charge in [0.2, 0.25) is 0 Å². The van der Waals surface area contributed by atoms with Gasteiger partial charge in [-0.25, -0.2) is 0 Å². The van der Waals surface area contributed by atoms with E-state index in [1.807, 2.05) is 62.4 Å². The van der Waals surface area contributed by atoms with E-state index in [0.29, 0.717) is 23.4 Å². The van der Waals surface area contributed by atoms with Crippen LogP contribution in [0.5, 0.6) is 0 Å². The van der Waals surface area contributed by atoms with Crippen LogP contribution in [0.15, 0.2) is 78.9 Å². The first kappa shape index (κ1) is 18.4. The Bertz CT molecular complexity index is 951. The fraction of sp³-hybridized carbons (Fsp3) is 0.130. The highest BCUT2D eigenvalue weighted by atomic mass is 16.2. The molecule has 0 atom stereocenters. The van der Waals surface area contributed by atoms with Crippen LogP contribution in [0.25, 0.3) is 0 Å². The van der Waals surface area contributed by atoms with E-state index < -0.39 is 0 Å². The van der Waals surface area contributed by atoms with Crippen molar-refractivity contribution in [2.45, 2.75) is 13.8 Å². The Morgan fingerprint density at radius 2 is 1.59 bits per heavy atom. The van der Waals surface area contributed by atoms with Crippen molar-refractivity contribution >= 4 is 23.2 Å². The van der Waals surface area contributed by atoms with Gasteiger partial charge in [0, 0.05) is 29.0 Å². The van der Waals surface area contributed by atoms with Gasteiger partial charge in [-0.3, -0.25) is 9.59 Å². The number of benzene rings is 3. The molecule has 0 saturated carbocycles. The van der Waals surface area contributed by atoms with Gasteiger partial charge in [0.05, 0.1) is 0 Å². The van der Waals surface area contributed by atoms with Crippen molar-refractivity contribution in [2.75, 3.05) is 16.8 Å². The average molecular weight is 358 g/mol. The standard InChI is InChI=1S/C23H22N2O2/c1-3-25(20-13-5-4-6-14-20)23(27)18-11-9-12-19(16-18)24-22(26)21-15-8-7-10-17(21)2/h4-16H,3H2,1-2H3,(H,24,26). The van der Waals surface area contributed by atoms with Crippen LogP contribution in [-0.4, -0.2) is 18.4 Å². The zero-order valence-corrected chi connectivity index (χ0v) is 15.5. The molecule has 136 valence electrons. The zero-order valence-electron chi connectivity index (χ0n) is 15.5. The van der Waals surface area contributed by atoms with Crippen molar-refractivity contribution < 1.29 is 9.59 Å². The summed E-state index contributed by atoms with van der Waals surface area (Å²) in [6.07, 6.45) is 0. The summed E-state index contributed by atoms with van der Waals surface area (Å²) >= 11 is 0. The van der Waals surface area contributed by atoms with Gasteiger partial charge in [0.25, 0.3) is 11.8 Å². The lowest BCUT2D eigenvalue weighted by molar-refractivity contribution is 0.0985. The van der Waals surface area contributed by atoms with Crippen molar-refractivity contribution in [3.63, 3.8) is 0 Å². The second kappa shape index (κ2) is 8.32. The highest BCUT2D eigenvalue weighted by molar-refractivity contribution is 6.08. The number of nitrogens with zero attached hydrogens (tertiary/aromatic N) is 1. The first-order valence-electron chi connectivity index (χ1n) is 8.94. The van der Waals surface area contributed by atoms with Gasteiger partial charge in [-0.05, 0) is 55.8 Å². The summed E-state index contributed by atoms with van der Waals surface area (Å²) in [7, 11) is 0. The van der Waals surface area contributed by atoms with Gasteiger partial charge in [0.1, 0.15) is 0 Å². The van der Waals surface area contributed by atoms with Crippen molar-refractivity contribution in [2.24, 2.45) is 0 Å². The molecule has 0 saturated heterocycles. The van der Waals surface area contributed by atoms with Crippen LogP contribution in [0, 0.1) is 6.92 Å². The number of anilines is 2. The number of hydrogen-bond donors (Lipinski definition) is 1. The van der Waals surface area contributed by atoms with Crippen LogP contribution in [0.4, 0.5) is 11.4 Å². The fourth-order valence-corrected chi connectivity index (χ4v) is 2.96. The fourth-order valence-electron chi connectivity index (χ4n) is 2.96. The Kier molecular flexibility index (Phi) is 5.67. The van der Waals surface area contributed by atoms with E-state index in [2.05, 4.69) is 5.32 Å². The molecule has 0 aliphatic carbocycles. The summed E-state index contributed by atoms with van der Waals surface area (Å²) in [4.78, 5) is 27.2. The molecular weight excluding hydrogens is 336 g/mol. The minimum Gasteiger partial charge on any atom is -0.322 e. The highest BCUT2D eigenvalue weighted by Gasteiger charge is 2.17. The molecule has 0 unspecified atom stereocenters. The first-order valence-corrected chi connectivity index (χ1v) is 8.94. The van der Waals surface area contributed by atoms with Crippen LogP contribution in [0.3, 0.4) is 0 Å². The summed E-state index contributed by atoms with van der Waals surface area (Å²) in [5.41, 5.74) is 3.50. The molecule has 4 heteroatoms. The van der Waals surface area contributed by atoms with Crippen molar-refractivity contribution in [1.82, 2.24) is 0 Å². The van der Waals surface area contributed by atoms with Crippen LogP contribution in [0.1, 0.15) is 33.2 Å². The third-order valence-electron chi connectivity index (χ3n) is 4.39. The van der Waals surface area contributed by atoms with E-state index in [1.165, 1.54) is 0 Å². The maximum atomic E-state index is 13.0. The molecular formula is C23H22N2O2. The monoisotopic (exact) mass is 358 g/mol. The van der Waals surface area contributed by atoms with Crippen LogP contribution in [0.2, 0.25) is 0 Å². The van der Waals surface area contributed by atoms with E-state index in [0.717, 1.165) is 11.3 Å². The molecule has 3 rings (SSSR count). The smallest absolute Gasteiger partial charge is 0.258 e. The van der Waals surface area contributed by atoms with E-state index in [4.69, 9.17) is 0 Å². The third kappa shape index (κ3) is 4.23. The average Bonchev–Trinajstić information content (AvgIpc) is 2.70. The van der Waals surface area contributed by atoms with Gasteiger partial charge in [-0.15, -0.1) is 0 Å². The Labute approximate surface area is 159 Å². The number of carbonyl (C=O) groups is 2. The topological polar surface area (TPSA) is 49.4 Å². The molecule has 3 aromatic carbocycles. The largest absolute Gasteiger partial charge is 0.322 e. The Morgan fingerprint density at radius 3 is 2.30 bits per heavy atom. The SMILES string of the molecule is CCN(C(=O)c1cccc(NC(=O)c2ccccc2C)c1)c1ccccc1.